The highest BCUT2D eigenvalue weighted by atomic mass is 15.1. The fraction of sp³-hybridized carbons (Fsp3) is 0.228. The molecule has 0 N–H and O–H groups in total. The van der Waals surface area contributed by atoms with Crippen molar-refractivity contribution in [2.24, 2.45) is 29.1 Å². The van der Waals surface area contributed by atoms with Crippen LogP contribution in [0.25, 0.3) is 54.9 Å². The quantitative estimate of drug-likeness (QED) is 0.162. The highest BCUT2D eigenvalue weighted by Gasteiger charge is 2.84. The van der Waals surface area contributed by atoms with Gasteiger partial charge in [-0.05, 0) is 163 Å². The Morgan fingerprint density at radius 2 is 1.16 bits per heavy atom. The summed E-state index contributed by atoms with van der Waals surface area (Å²) in [6.07, 6.45) is 5.79. The van der Waals surface area contributed by atoms with E-state index in [1.807, 2.05) is 0 Å². The third kappa shape index (κ3) is 3.68. The molecule has 1 heteroatoms. The van der Waals surface area contributed by atoms with Crippen molar-refractivity contribution in [2.75, 3.05) is 4.90 Å². The number of hydrogen-bond donors (Lipinski definition) is 0. The summed E-state index contributed by atoms with van der Waals surface area (Å²) in [5.74, 6) is 3.42. The van der Waals surface area contributed by atoms with Gasteiger partial charge in [-0.3, -0.25) is 0 Å². The molecule has 58 heavy (non-hydrogen) atoms. The third-order valence-electron chi connectivity index (χ3n) is 16.9. The summed E-state index contributed by atoms with van der Waals surface area (Å²) in [5, 5.41) is 5.14. The van der Waals surface area contributed by atoms with Gasteiger partial charge < -0.3 is 4.90 Å². The second kappa shape index (κ2) is 10.8. The highest BCUT2D eigenvalue weighted by Crippen LogP contribution is 2.89. The fourth-order valence-electron chi connectivity index (χ4n) is 14.8. The summed E-state index contributed by atoms with van der Waals surface area (Å²) in [6.45, 7) is 4.80. The van der Waals surface area contributed by atoms with Gasteiger partial charge in [0.1, 0.15) is 0 Å². The van der Waals surface area contributed by atoms with Gasteiger partial charge in [0.15, 0.2) is 0 Å². The van der Waals surface area contributed by atoms with E-state index >= 15 is 0 Å². The summed E-state index contributed by atoms with van der Waals surface area (Å²) in [4.78, 5) is 2.59. The lowest BCUT2D eigenvalue weighted by Gasteiger charge is -2.76. The molecule has 8 aromatic rings. The first-order valence-corrected chi connectivity index (χ1v) is 21.8. The number of nitrogens with zero attached hydrogens (tertiary/aromatic N) is 1. The van der Waals surface area contributed by atoms with Gasteiger partial charge in [0, 0.05) is 27.6 Å². The van der Waals surface area contributed by atoms with Crippen LogP contribution in [0, 0.1) is 29.1 Å². The Morgan fingerprint density at radius 1 is 0.466 bits per heavy atom. The Hall–Kier alpha value is -5.92. The van der Waals surface area contributed by atoms with Gasteiger partial charge in [-0.1, -0.05) is 141 Å². The van der Waals surface area contributed by atoms with Gasteiger partial charge in [-0.25, -0.2) is 0 Å². The van der Waals surface area contributed by atoms with Crippen molar-refractivity contribution in [3.8, 4) is 33.4 Å². The topological polar surface area (TPSA) is 3.24 Å². The van der Waals surface area contributed by atoms with Crippen LogP contribution in [0.1, 0.15) is 61.8 Å². The van der Waals surface area contributed by atoms with E-state index in [9.17, 15) is 0 Å². The zero-order valence-corrected chi connectivity index (χ0v) is 33.2. The maximum absolute atomic E-state index is 2.63. The van der Waals surface area contributed by atoms with E-state index in [2.05, 4.69) is 183 Å². The molecule has 0 saturated heterocycles. The number of benzene rings is 8. The van der Waals surface area contributed by atoms with Gasteiger partial charge in [-0.2, -0.15) is 0 Å². The van der Waals surface area contributed by atoms with Crippen LogP contribution in [0.2, 0.25) is 0 Å². The Kier molecular flexibility index (Phi) is 5.96. The molecule has 2 spiro atoms. The fourth-order valence-corrected chi connectivity index (χ4v) is 14.8. The standard InChI is InChI=1S/C57H45N/c1-55(2)48-19-11-10-17-43(48)44-24-21-40(32-50(44)55)58(52-29-37-14-6-7-15-41(37)42-16-8-9-18-46(42)52)39-22-25-49-47(31-39)45-23-20-36(35-12-4-3-5-13-35)28-51(45)57(49)53-27-34-26-38-30-54(57)56(38,53)33-34/h3-25,28-29,31-32,34,38,53-54H,26-27,30,33H2,1-2H3. The Balaban J connectivity index is 1.02. The highest BCUT2D eigenvalue weighted by molar-refractivity contribution is 6.14. The molecule has 1 nitrogen and oxygen atoms in total. The number of anilines is 3. The van der Waals surface area contributed by atoms with Gasteiger partial charge in [-0.15, -0.1) is 0 Å². The van der Waals surface area contributed by atoms with Crippen molar-refractivity contribution in [3.63, 3.8) is 0 Å². The second-order valence-electron chi connectivity index (χ2n) is 19.3. The lowest BCUT2D eigenvalue weighted by molar-refractivity contribution is -0.231. The summed E-state index contributed by atoms with van der Waals surface area (Å²) in [7, 11) is 0. The predicted octanol–water partition coefficient (Wildman–Crippen LogP) is 14.8. The van der Waals surface area contributed by atoms with Gasteiger partial charge in [0.25, 0.3) is 0 Å². The molecule has 2 bridgehead atoms. The van der Waals surface area contributed by atoms with Crippen LogP contribution < -0.4 is 4.90 Å². The van der Waals surface area contributed by atoms with Crippen molar-refractivity contribution in [1.29, 1.82) is 0 Å². The predicted molar refractivity (Wildman–Crippen MR) is 240 cm³/mol. The van der Waals surface area contributed by atoms with Crippen LogP contribution in [0.4, 0.5) is 17.1 Å². The second-order valence-corrected chi connectivity index (χ2v) is 19.3. The molecule has 6 atom stereocenters. The van der Waals surface area contributed by atoms with Crippen LogP contribution in [0.15, 0.2) is 164 Å². The largest absolute Gasteiger partial charge is 0.310 e. The summed E-state index contributed by atoms with van der Waals surface area (Å²) in [6, 6.07) is 63.0. The van der Waals surface area contributed by atoms with E-state index < -0.39 is 0 Å². The number of fused-ring (bicyclic) bond motifs is 14. The summed E-state index contributed by atoms with van der Waals surface area (Å²) < 4.78 is 0. The van der Waals surface area contributed by atoms with Gasteiger partial charge in [0.05, 0.1) is 5.69 Å². The monoisotopic (exact) mass is 743 g/mol. The average Bonchev–Trinajstić information content (AvgIpc) is 3.96. The van der Waals surface area contributed by atoms with Gasteiger partial charge in [0.2, 0.25) is 0 Å². The lowest BCUT2D eigenvalue weighted by atomic mass is 9.27. The van der Waals surface area contributed by atoms with Crippen molar-refractivity contribution in [3.05, 3.63) is 186 Å². The molecule has 0 radical (unpaired) electrons. The minimum atomic E-state index is -0.0970. The molecule has 4 saturated carbocycles. The SMILES string of the molecule is CC1(C)c2ccccc2-c2ccc(N(c3ccc4c(c3)-c3ccc(-c5ccccc5)cc3C43C4CC5CC6CC3C64C5)c3cc4ccccc4c4ccccc34)cc21. The van der Waals surface area contributed by atoms with Crippen molar-refractivity contribution in [1.82, 2.24) is 0 Å². The molecule has 6 aliphatic rings. The smallest absolute Gasteiger partial charge is 0.0546 e. The molecular weight excluding hydrogens is 699 g/mol. The first kappa shape index (κ1) is 32.1. The zero-order valence-electron chi connectivity index (χ0n) is 33.2. The van der Waals surface area contributed by atoms with E-state index in [0.717, 1.165) is 23.7 Å². The van der Waals surface area contributed by atoms with E-state index in [1.54, 1.807) is 11.1 Å². The molecule has 0 aromatic heterocycles. The molecule has 278 valence electrons. The zero-order chi connectivity index (χ0) is 38.1. The normalized spacial score (nSPS) is 26.8. The maximum Gasteiger partial charge on any atom is 0.0546 e. The third-order valence-corrected chi connectivity index (χ3v) is 16.9. The van der Waals surface area contributed by atoms with Crippen LogP contribution >= 0.6 is 0 Å². The maximum atomic E-state index is 2.63. The minimum absolute atomic E-state index is 0.0970. The van der Waals surface area contributed by atoms with E-state index in [-0.39, 0.29) is 10.8 Å². The van der Waals surface area contributed by atoms with Crippen LogP contribution in [-0.2, 0) is 10.8 Å². The molecule has 0 heterocycles. The molecule has 0 aliphatic heterocycles. The molecule has 14 rings (SSSR count). The summed E-state index contributed by atoms with van der Waals surface area (Å²) >= 11 is 0. The Labute approximate surface area is 341 Å². The van der Waals surface area contributed by atoms with E-state index in [1.165, 1.54) is 109 Å². The van der Waals surface area contributed by atoms with Crippen molar-refractivity contribution < 1.29 is 0 Å². The molecule has 4 fully saturated rings. The van der Waals surface area contributed by atoms with Gasteiger partial charge >= 0.3 is 0 Å². The molecule has 6 unspecified atom stereocenters. The molecule has 0 amide bonds. The van der Waals surface area contributed by atoms with Crippen molar-refractivity contribution >= 4 is 38.6 Å². The Bertz CT molecular complexity index is 3100. The number of rotatable bonds is 4. The molecule has 6 aliphatic carbocycles. The number of hydrogen-bond acceptors (Lipinski definition) is 1. The van der Waals surface area contributed by atoms with Crippen LogP contribution in [0.5, 0.6) is 0 Å². The first-order valence-electron chi connectivity index (χ1n) is 21.8. The van der Waals surface area contributed by atoms with Crippen LogP contribution in [-0.4, -0.2) is 0 Å². The van der Waals surface area contributed by atoms with E-state index in [0.29, 0.717) is 5.41 Å². The molecular formula is C57H45N. The average molecular weight is 744 g/mol. The lowest BCUT2D eigenvalue weighted by Crippen LogP contribution is -2.73. The Morgan fingerprint density at radius 3 is 2.03 bits per heavy atom. The minimum Gasteiger partial charge on any atom is -0.310 e. The van der Waals surface area contributed by atoms with Crippen LogP contribution in [0.3, 0.4) is 0 Å². The first-order chi connectivity index (χ1) is 28.5. The van der Waals surface area contributed by atoms with E-state index in [4.69, 9.17) is 0 Å². The van der Waals surface area contributed by atoms with Crippen molar-refractivity contribution in [2.45, 2.75) is 50.4 Å². The summed E-state index contributed by atoms with van der Waals surface area (Å²) in [5.41, 5.74) is 18.7. The molecule has 8 aromatic carbocycles.